The summed E-state index contributed by atoms with van der Waals surface area (Å²) in [5.41, 5.74) is 3.78. The molecule has 2 aliphatic rings. The highest BCUT2D eigenvalue weighted by Gasteiger charge is 2.30. The van der Waals surface area contributed by atoms with Crippen molar-refractivity contribution in [3.05, 3.63) is 83.7 Å². The van der Waals surface area contributed by atoms with E-state index in [1.807, 2.05) is 41.0 Å². The van der Waals surface area contributed by atoms with Crippen molar-refractivity contribution in [2.45, 2.75) is 56.4 Å². The molecule has 9 heteroatoms. The maximum absolute atomic E-state index is 14.4. The molecular weight excluding hydrogens is 527 g/mol. The number of para-hydroxylation sites is 1. The summed E-state index contributed by atoms with van der Waals surface area (Å²) in [5, 5.41) is 2.87. The number of carbonyl (C=O) groups is 1. The predicted octanol–water partition coefficient (Wildman–Crippen LogP) is 5.64. The van der Waals surface area contributed by atoms with Gasteiger partial charge in [-0.15, -0.1) is 0 Å². The van der Waals surface area contributed by atoms with Gasteiger partial charge in [0.05, 0.1) is 11.4 Å². The zero-order chi connectivity index (χ0) is 28.1. The molecule has 5 rings (SSSR count). The molecule has 0 radical (unpaired) electrons. The van der Waals surface area contributed by atoms with Crippen molar-refractivity contribution in [1.29, 1.82) is 0 Å². The van der Waals surface area contributed by atoms with Gasteiger partial charge < -0.3 is 15.1 Å². The third kappa shape index (κ3) is 6.31. The number of anilines is 3. The highest BCUT2D eigenvalue weighted by Crippen LogP contribution is 2.35. The van der Waals surface area contributed by atoms with E-state index in [4.69, 9.17) is 0 Å². The van der Waals surface area contributed by atoms with Crippen molar-refractivity contribution in [1.82, 2.24) is 4.72 Å². The topological polar surface area (TPSA) is 81.8 Å². The summed E-state index contributed by atoms with van der Waals surface area (Å²) in [4.78, 5) is 16.6. The summed E-state index contributed by atoms with van der Waals surface area (Å²) < 4.78 is 45.4. The Bertz CT molecular complexity index is 1450. The molecule has 1 heterocycles. The number of rotatable bonds is 9. The monoisotopic (exact) mass is 564 g/mol. The van der Waals surface area contributed by atoms with E-state index in [1.165, 1.54) is 11.6 Å². The number of sulfonamides is 1. The number of amides is 1. The minimum Gasteiger partial charge on any atom is -0.367 e. The van der Waals surface area contributed by atoms with Gasteiger partial charge in [0.25, 0.3) is 0 Å². The minimum atomic E-state index is -3.95. The molecule has 0 spiro atoms. The van der Waals surface area contributed by atoms with E-state index >= 15 is 0 Å². The highest BCUT2D eigenvalue weighted by molar-refractivity contribution is 7.89. The van der Waals surface area contributed by atoms with Crippen LogP contribution in [-0.2, 0) is 21.2 Å². The maximum Gasteiger partial charge on any atom is 0.243 e. The SMILES string of the molecule is CCCCC(=O)Nc1ccc(N2CCN(c3ccccc3F)CC2)c(S(=O)(=O)N[C@@H]2CCCc3ccccc32)c1. The van der Waals surface area contributed by atoms with Crippen molar-refractivity contribution in [3.63, 3.8) is 0 Å². The van der Waals surface area contributed by atoms with Gasteiger partial charge in [-0.2, -0.15) is 0 Å². The summed E-state index contributed by atoms with van der Waals surface area (Å²) in [6, 6.07) is 19.5. The normalized spacial score (nSPS) is 17.4. The third-order valence-corrected chi connectivity index (χ3v) is 9.27. The lowest BCUT2D eigenvalue weighted by Gasteiger charge is -2.38. The Labute approximate surface area is 236 Å². The largest absolute Gasteiger partial charge is 0.367 e. The van der Waals surface area contributed by atoms with Crippen LogP contribution in [0.2, 0.25) is 0 Å². The lowest BCUT2D eigenvalue weighted by Crippen LogP contribution is -2.47. The molecule has 0 unspecified atom stereocenters. The standard InChI is InChI=1S/C31H37FN4O3S/c1-2-3-15-31(37)33-24-16-17-29(36-20-18-35(19-21-36)28-14-7-6-12-26(28)32)30(22-24)40(38,39)34-27-13-8-10-23-9-4-5-11-25(23)27/h4-7,9,11-12,14,16-17,22,27,34H,2-3,8,10,13,15,18-21H2,1H3,(H,33,37)/t27-/m1/s1. The van der Waals surface area contributed by atoms with Crippen LogP contribution in [0.5, 0.6) is 0 Å². The first-order valence-electron chi connectivity index (χ1n) is 14.1. The number of hydrogen-bond donors (Lipinski definition) is 2. The molecule has 1 amide bonds. The van der Waals surface area contributed by atoms with Crippen molar-refractivity contribution in [2.75, 3.05) is 41.3 Å². The average molecular weight is 565 g/mol. The maximum atomic E-state index is 14.4. The van der Waals surface area contributed by atoms with Gasteiger partial charge in [0.2, 0.25) is 15.9 Å². The second kappa shape index (κ2) is 12.4. The molecule has 1 aliphatic carbocycles. The van der Waals surface area contributed by atoms with Crippen LogP contribution in [0.4, 0.5) is 21.5 Å². The number of fused-ring (bicyclic) bond motifs is 1. The van der Waals surface area contributed by atoms with Gasteiger partial charge in [-0.1, -0.05) is 49.7 Å². The van der Waals surface area contributed by atoms with Gasteiger partial charge in [-0.25, -0.2) is 17.5 Å². The van der Waals surface area contributed by atoms with Crippen molar-refractivity contribution in [2.24, 2.45) is 0 Å². The molecule has 0 aromatic heterocycles. The molecular formula is C31H37FN4O3S. The first-order valence-corrected chi connectivity index (χ1v) is 15.6. The lowest BCUT2D eigenvalue weighted by atomic mass is 9.88. The molecule has 2 N–H and O–H groups in total. The highest BCUT2D eigenvalue weighted by atomic mass is 32.2. The lowest BCUT2D eigenvalue weighted by molar-refractivity contribution is -0.116. The first-order chi connectivity index (χ1) is 19.4. The molecule has 7 nitrogen and oxygen atoms in total. The molecule has 1 atom stereocenters. The number of nitrogens with one attached hydrogen (secondary N) is 2. The summed E-state index contributed by atoms with van der Waals surface area (Å²) >= 11 is 0. The fourth-order valence-corrected chi connectivity index (χ4v) is 7.15. The Morgan fingerprint density at radius 2 is 1.65 bits per heavy atom. The van der Waals surface area contributed by atoms with E-state index in [2.05, 4.69) is 16.1 Å². The Kier molecular flexibility index (Phi) is 8.71. The molecule has 0 saturated carbocycles. The Balaban J connectivity index is 1.42. The van der Waals surface area contributed by atoms with Crippen LogP contribution in [-0.4, -0.2) is 40.5 Å². The van der Waals surface area contributed by atoms with Gasteiger partial charge in [-0.3, -0.25) is 4.79 Å². The van der Waals surface area contributed by atoms with Gasteiger partial charge >= 0.3 is 0 Å². The van der Waals surface area contributed by atoms with Gasteiger partial charge in [-0.05, 0) is 67.1 Å². The number of carbonyl (C=O) groups excluding carboxylic acids is 1. The van der Waals surface area contributed by atoms with E-state index in [0.717, 1.165) is 37.7 Å². The van der Waals surface area contributed by atoms with Crippen LogP contribution >= 0.6 is 0 Å². The number of unbranched alkanes of at least 4 members (excludes halogenated alkanes) is 1. The second-order valence-electron chi connectivity index (χ2n) is 10.5. The second-order valence-corrected chi connectivity index (χ2v) is 12.2. The van der Waals surface area contributed by atoms with Gasteiger partial charge in [0.1, 0.15) is 10.7 Å². The van der Waals surface area contributed by atoms with Crippen LogP contribution in [0.1, 0.15) is 56.2 Å². The van der Waals surface area contributed by atoms with Gasteiger partial charge in [0, 0.05) is 44.3 Å². The summed E-state index contributed by atoms with van der Waals surface area (Å²) in [5.74, 6) is -0.398. The number of hydrogen-bond acceptors (Lipinski definition) is 5. The molecule has 1 saturated heterocycles. The van der Waals surface area contributed by atoms with Crippen LogP contribution in [0, 0.1) is 5.82 Å². The summed E-state index contributed by atoms with van der Waals surface area (Å²) in [7, 11) is -3.95. The average Bonchev–Trinajstić information content (AvgIpc) is 2.96. The minimum absolute atomic E-state index is 0.134. The van der Waals surface area contributed by atoms with Crippen LogP contribution < -0.4 is 19.8 Å². The first kappa shape index (κ1) is 28.1. The molecule has 3 aromatic carbocycles. The van der Waals surface area contributed by atoms with Crippen LogP contribution in [0.15, 0.2) is 71.6 Å². The smallest absolute Gasteiger partial charge is 0.243 e. The number of aryl methyl sites for hydroxylation is 1. The Hall–Kier alpha value is -3.43. The summed E-state index contributed by atoms with van der Waals surface area (Å²) in [6.45, 7) is 4.20. The van der Waals surface area contributed by atoms with Crippen molar-refractivity contribution in [3.8, 4) is 0 Å². The van der Waals surface area contributed by atoms with E-state index < -0.39 is 10.0 Å². The zero-order valence-electron chi connectivity index (χ0n) is 22.9. The predicted molar refractivity (Wildman–Crippen MR) is 158 cm³/mol. The van der Waals surface area contributed by atoms with Crippen LogP contribution in [0.25, 0.3) is 0 Å². The van der Waals surface area contributed by atoms with Crippen LogP contribution in [0.3, 0.4) is 0 Å². The summed E-state index contributed by atoms with van der Waals surface area (Å²) in [6.07, 6.45) is 4.62. The fraction of sp³-hybridized carbons (Fsp3) is 0.387. The molecule has 3 aromatic rings. The molecule has 1 fully saturated rings. The van der Waals surface area contributed by atoms with E-state index in [9.17, 15) is 17.6 Å². The molecule has 40 heavy (non-hydrogen) atoms. The fourth-order valence-electron chi connectivity index (χ4n) is 5.65. The van der Waals surface area contributed by atoms with Crippen molar-refractivity contribution < 1.29 is 17.6 Å². The quantitative estimate of drug-likeness (QED) is 0.352. The number of nitrogens with zero attached hydrogens (tertiary/aromatic N) is 2. The zero-order valence-corrected chi connectivity index (χ0v) is 23.7. The van der Waals surface area contributed by atoms with E-state index in [-0.39, 0.29) is 22.7 Å². The number of halogens is 1. The van der Waals surface area contributed by atoms with Crippen molar-refractivity contribution >= 4 is 33.0 Å². The molecule has 1 aliphatic heterocycles. The number of benzene rings is 3. The van der Waals surface area contributed by atoms with Gasteiger partial charge in [0.15, 0.2) is 0 Å². The Morgan fingerprint density at radius 3 is 2.40 bits per heavy atom. The van der Waals surface area contributed by atoms with E-state index in [0.29, 0.717) is 49.7 Å². The van der Waals surface area contributed by atoms with E-state index in [1.54, 1.807) is 30.3 Å². The Morgan fingerprint density at radius 1 is 0.950 bits per heavy atom. The third-order valence-electron chi connectivity index (χ3n) is 7.77. The molecule has 212 valence electrons. The molecule has 0 bridgehead atoms. The number of piperazine rings is 1.